The number of amides is 1. The molecule has 32 heavy (non-hydrogen) atoms. The molecule has 2 aliphatic rings. The highest BCUT2D eigenvalue weighted by Crippen LogP contribution is 2.22. The smallest absolute Gasteiger partial charge is 0.253 e. The Morgan fingerprint density at radius 2 is 1.97 bits per heavy atom. The third kappa shape index (κ3) is 4.58. The summed E-state index contributed by atoms with van der Waals surface area (Å²) in [6, 6.07) is 9.98. The van der Waals surface area contributed by atoms with E-state index in [1.54, 1.807) is 30.5 Å². The van der Waals surface area contributed by atoms with Crippen molar-refractivity contribution >= 4 is 5.91 Å². The molecule has 1 saturated heterocycles. The number of hydrogen-bond donors (Lipinski definition) is 1. The van der Waals surface area contributed by atoms with Gasteiger partial charge in [-0.3, -0.25) is 19.4 Å². The van der Waals surface area contributed by atoms with Crippen LogP contribution in [-0.4, -0.2) is 44.7 Å². The van der Waals surface area contributed by atoms with E-state index >= 15 is 0 Å². The van der Waals surface area contributed by atoms with E-state index in [-0.39, 0.29) is 17.8 Å². The van der Waals surface area contributed by atoms with Crippen molar-refractivity contribution in [3.8, 4) is 11.3 Å². The van der Waals surface area contributed by atoms with Crippen LogP contribution in [0.25, 0.3) is 11.3 Å². The Morgan fingerprint density at radius 1 is 1.09 bits per heavy atom. The second-order valence-corrected chi connectivity index (χ2v) is 8.76. The second kappa shape index (κ2) is 9.20. The van der Waals surface area contributed by atoms with E-state index in [0.29, 0.717) is 16.8 Å². The Hall–Kier alpha value is -3.06. The van der Waals surface area contributed by atoms with Crippen LogP contribution in [0.5, 0.6) is 0 Å². The number of rotatable bonds is 5. The van der Waals surface area contributed by atoms with Gasteiger partial charge in [-0.25, -0.2) is 4.39 Å². The maximum atomic E-state index is 13.4. The quantitative estimate of drug-likeness (QED) is 0.665. The number of fused-ring (bicyclic) bond motifs is 1. The first-order valence-electron chi connectivity index (χ1n) is 11.4. The first-order valence-corrected chi connectivity index (χ1v) is 11.4. The van der Waals surface area contributed by atoms with E-state index in [1.807, 2.05) is 6.20 Å². The Bertz CT molecular complexity index is 1090. The third-order valence-corrected chi connectivity index (χ3v) is 6.53. The van der Waals surface area contributed by atoms with Gasteiger partial charge in [-0.2, -0.15) is 5.10 Å². The van der Waals surface area contributed by atoms with Gasteiger partial charge in [0.25, 0.3) is 5.91 Å². The summed E-state index contributed by atoms with van der Waals surface area (Å²) in [6.07, 6.45) is 9.08. The van der Waals surface area contributed by atoms with Crippen LogP contribution < -0.4 is 5.32 Å². The van der Waals surface area contributed by atoms with Crippen molar-refractivity contribution in [3.05, 3.63) is 71.4 Å². The predicted octanol–water partition coefficient (Wildman–Crippen LogP) is 3.81. The normalized spacial score (nSPS) is 17.2. The van der Waals surface area contributed by atoms with Crippen molar-refractivity contribution < 1.29 is 9.18 Å². The zero-order chi connectivity index (χ0) is 21.9. The minimum atomic E-state index is -0.300. The lowest BCUT2D eigenvalue weighted by molar-refractivity contribution is 0.0908. The van der Waals surface area contributed by atoms with Crippen LogP contribution in [0.4, 0.5) is 4.39 Å². The zero-order valence-corrected chi connectivity index (χ0v) is 18.1. The minimum Gasteiger partial charge on any atom is -0.349 e. The number of likely N-dealkylation sites (tertiary alicyclic amines) is 1. The van der Waals surface area contributed by atoms with E-state index in [9.17, 15) is 9.18 Å². The summed E-state index contributed by atoms with van der Waals surface area (Å²) < 4.78 is 15.6. The van der Waals surface area contributed by atoms with Gasteiger partial charge in [0.05, 0.1) is 17.5 Å². The topological polar surface area (TPSA) is 63.1 Å². The van der Waals surface area contributed by atoms with Gasteiger partial charge in [-0.05, 0) is 56.4 Å². The highest BCUT2D eigenvalue weighted by molar-refractivity contribution is 5.94. The van der Waals surface area contributed by atoms with E-state index < -0.39 is 0 Å². The predicted molar refractivity (Wildman–Crippen MR) is 121 cm³/mol. The van der Waals surface area contributed by atoms with E-state index in [1.165, 1.54) is 36.2 Å². The van der Waals surface area contributed by atoms with Crippen molar-refractivity contribution in [2.45, 2.75) is 51.2 Å². The summed E-state index contributed by atoms with van der Waals surface area (Å²) >= 11 is 0. The summed E-state index contributed by atoms with van der Waals surface area (Å²) in [5.74, 6) is -0.404. The number of hydrogen-bond acceptors (Lipinski definition) is 4. The van der Waals surface area contributed by atoms with E-state index in [0.717, 1.165) is 45.4 Å². The van der Waals surface area contributed by atoms with Gasteiger partial charge in [0.1, 0.15) is 5.82 Å². The Balaban J connectivity index is 1.13. The molecule has 3 aromatic rings. The van der Waals surface area contributed by atoms with Crippen LogP contribution >= 0.6 is 0 Å². The average Bonchev–Trinajstić information content (AvgIpc) is 3.23. The number of carbonyl (C=O) groups is 1. The van der Waals surface area contributed by atoms with Gasteiger partial charge in [0.2, 0.25) is 0 Å². The lowest BCUT2D eigenvalue weighted by atomic mass is 10.0. The zero-order valence-electron chi connectivity index (χ0n) is 18.1. The fourth-order valence-electron chi connectivity index (χ4n) is 4.71. The van der Waals surface area contributed by atoms with Crippen molar-refractivity contribution in [3.63, 3.8) is 0 Å². The molecular formula is C25H28FN5O. The van der Waals surface area contributed by atoms with Crippen LogP contribution in [0.3, 0.4) is 0 Å². The summed E-state index contributed by atoms with van der Waals surface area (Å²) in [6.45, 7) is 3.92. The fraction of sp³-hybridized carbons (Fsp3) is 0.400. The summed E-state index contributed by atoms with van der Waals surface area (Å²) in [4.78, 5) is 19.5. The number of nitrogens with one attached hydrogen (secondary N) is 1. The standard InChI is InChI=1S/C25H28FN5O/c26-21-5-3-4-18(14-21)23-8-7-19(15-27-23)25(32)29-22-9-12-30(13-10-22)17-20-16-28-31-11-2-1-6-24(20)31/h3-5,7-8,14-16,22H,1-2,6,9-13,17H2,(H,29,32). The molecule has 2 aliphatic heterocycles. The molecule has 0 atom stereocenters. The lowest BCUT2D eigenvalue weighted by Crippen LogP contribution is -2.44. The molecule has 0 spiro atoms. The van der Waals surface area contributed by atoms with Crippen molar-refractivity contribution in [1.82, 2.24) is 25.0 Å². The maximum absolute atomic E-state index is 13.4. The molecule has 0 saturated carbocycles. The summed E-state index contributed by atoms with van der Waals surface area (Å²) in [7, 11) is 0. The summed E-state index contributed by atoms with van der Waals surface area (Å²) in [5, 5.41) is 7.70. The molecule has 0 unspecified atom stereocenters. The highest BCUT2D eigenvalue weighted by Gasteiger charge is 2.23. The lowest BCUT2D eigenvalue weighted by Gasteiger charge is -2.32. The van der Waals surface area contributed by atoms with Gasteiger partial charge < -0.3 is 5.32 Å². The Labute approximate surface area is 187 Å². The number of aromatic nitrogens is 3. The number of halogens is 1. The van der Waals surface area contributed by atoms with Crippen LogP contribution in [0, 0.1) is 5.82 Å². The SMILES string of the molecule is O=C(NC1CCN(Cc2cnn3c2CCCC3)CC1)c1ccc(-c2cccc(F)c2)nc1. The molecular weight excluding hydrogens is 405 g/mol. The molecule has 1 N–H and O–H groups in total. The van der Waals surface area contributed by atoms with Gasteiger partial charge in [-0.15, -0.1) is 0 Å². The first kappa shape index (κ1) is 20.8. The Morgan fingerprint density at radius 3 is 2.75 bits per heavy atom. The van der Waals surface area contributed by atoms with Crippen molar-refractivity contribution in [2.75, 3.05) is 13.1 Å². The van der Waals surface area contributed by atoms with Crippen molar-refractivity contribution in [2.24, 2.45) is 0 Å². The molecule has 166 valence electrons. The molecule has 0 aliphatic carbocycles. The molecule has 0 bridgehead atoms. The molecule has 7 heteroatoms. The van der Waals surface area contributed by atoms with Crippen LogP contribution in [-0.2, 0) is 19.5 Å². The number of benzene rings is 1. The second-order valence-electron chi connectivity index (χ2n) is 8.76. The molecule has 2 aromatic heterocycles. The molecule has 1 fully saturated rings. The number of carbonyl (C=O) groups excluding carboxylic acids is 1. The van der Waals surface area contributed by atoms with Crippen LogP contribution in [0.15, 0.2) is 48.8 Å². The molecule has 6 nitrogen and oxygen atoms in total. The molecule has 0 radical (unpaired) electrons. The van der Waals surface area contributed by atoms with Gasteiger partial charge in [-0.1, -0.05) is 12.1 Å². The van der Waals surface area contributed by atoms with Gasteiger partial charge in [0, 0.05) is 55.2 Å². The maximum Gasteiger partial charge on any atom is 0.253 e. The monoisotopic (exact) mass is 433 g/mol. The molecule has 5 rings (SSSR count). The number of aryl methyl sites for hydroxylation is 1. The number of nitrogens with zero attached hydrogens (tertiary/aromatic N) is 4. The van der Waals surface area contributed by atoms with Crippen LogP contribution in [0.2, 0.25) is 0 Å². The molecule has 1 amide bonds. The molecule has 1 aromatic carbocycles. The van der Waals surface area contributed by atoms with Crippen LogP contribution in [0.1, 0.15) is 47.3 Å². The molecule has 4 heterocycles. The van der Waals surface area contributed by atoms with Crippen molar-refractivity contribution in [1.29, 1.82) is 0 Å². The Kier molecular flexibility index (Phi) is 5.99. The first-order chi connectivity index (χ1) is 15.7. The van der Waals surface area contributed by atoms with E-state index in [2.05, 4.69) is 25.0 Å². The minimum absolute atomic E-state index is 0.104. The van der Waals surface area contributed by atoms with Gasteiger partial charge >= 0.3 is 0 Å². The average molecular weight is 434 g/mol. The highest BCUT2D eigenvalue weighted by atomic mass is 19.1. The number of piperidine rings is 1. The van der Waals surface area contributed by atoms with E-state index in [4.69, 9.17) is 0 Å². The summed E-state index contributed by atoms with van der Waals surface area (Å²) in [5.41, 5.74) is 4.64. The number of pyridine rings is 1. The van der Waals surface area contributed by atoms with Gasteiger partial charge in [0.15, 0.2) is 0 Å². The fourth-order valence-corrected chi connectivity index (χ4v) is 4.71. The largest absolute Gasteiger partial charge is 0.349 e. The third-order valence-electron chi connectivity index (χ3n) is 6.53.